The van der Waals surface area contributed by atoms with Gasteiger partial charge in [0, 0.05) is 12.6 Å². The molecule has 1 fully saturated rings. The first-order valence-electron chi connectivity index (χ1n) is 6.24. The minimum absolute atomic E-state index is 0.0466. The van der Waals surface area contributed by atoms with Crippen LogP contribution in [0.25, 0.3) is 0 Å². The van der Waals surface area contributed by atoms with E-state index >= 15 is 0 Å². The first kappa shape index (κ1) is 15.0. The van der Waals surface area contributed by atoms with Crippen molar-refractivity contribution in [2.24, 2.45) is 7.05 Å². The third-order valence-corrected chi connectivity index (χ3v) is 3.36. The third-order valence-electron chi connectivity index (χ3n) is 3.36. The van der Waals surface area contributed by atoms with E-state index in [1.807, 2.05) is 0 Å². The van der Waals surface area contributed by atoms with Crippen molar-refractivity contribution in [3.63, 3.8) is 0 Å². The minimum atomic E-state index is -0.842. The lowest BCUT2D eigenvalue weighted by Crippen LogP contribution is -2.53. The van der Waals surface area contributed by atoms with Gasteiger partial charge in [-0.1, -0.05) is 0 Å². The summed E-state index contributed by atoms with van der Waals surface area (Å²) in [6.07, 6.45) is 0. The zero-order chi connectivity index (χ0) is 15.6. The molecule has 9 heteroatoms. The Bertz CT molecular complexity index is 582. The molecule has 1 amide bonds. The fraction of sp³-hybridized carbons (Fsp3) is 0.500. The molecular formula is C12H15N3O6. The van der Waals surface area contributed by atoms with Crippen LogP contribution >= 0.6 is 0 Å². The average Bonchev–Trinajstić information content (AvgIpc) is 2.87. The van der Waals surface area contributed by atoms with Crippen molar-refractivity contribution in [3.8, 4) is 0 Å². The van der Waals surface area contributed by atoms with Crippen LogP contribution in [0.4, 0.5) is 5.82 Å². The van der Waals surface area contributed by atoms with Gasteiger partial charge in [0.15, 0.2) is 11.7 Å². The van der Waals surface area contributed by atoms with Crippen molar-refractivity contribution in [2.75, 3.05) is 26.9 Å². The third kappa shape index (κ3) is 2.72. The van der Waals surface area contributed by atoms with Gasteiger partial charge in [0.25, 0.3) is 5.91 Å². The average molecular weight is 297 g/mol. The van der Waals surface area contributed by atoms with Gasteiger partial charge in [-0.25, -0.2) is 9.36 Å². The molecule has 0 N–H and O–H groups in total. The van der Waals surface area contributed by atoms with Crippen LogP contribution in [0.3, 0.4) is 0 Å². The number of nitro groups is 1. The van der Waals surface area contributed by atoms with Gasteiger partial charge in [-0.15, -0.1) is 0 Å². The van der Waals surface area contributed by atoms with E-state index in [0.717, 1.165) is 0 Å². The number of ether oxygens (including phenoxy) is 2. The Morgan fingerprint density at radius 1 is 1.48 bits per heavy atom. The molecule has 0 aliphatic carbocycles. The molecule has 0 radical (unpaired) electrons. The second-order valence-electron chi connectivity index (χ2n) is 4.51. The van der Waals surface area contributed by atoms with E-state index in [2.05, 4.69) is 4.74 Å². The summed E-state index contributed by atoms with van der Waals surface area (Å²) in [5, 5.41) is 10.8. The maximum absolute atomic E-state index is 12.5. The van der Waals surface area contributed by atoms with Crippen molar-refractivity contribution in [2.45, 2.75) is 6.04 Å². The summed E-state index contributed by atoms with van der Waals surface area (Å²) >= 11 is 0. The number of rotatable bonds is 3. The lowest BCUT2D eigenvalue weighted by Gasteiger charge is -2.33. The Hall–Kier alpha value is -2.42. The van der Waals surface area contributed by atoms with E-state index in [-0.39, 0.29) is 24.7 Å². The molecule has 0 saturated carbocycles. The van der Waals surface area contributed by atoms with Crippen LogP contribution < -0.4 is 0 Å². The number of nitrogens with zero attached hydrogens (tertiary/aromatic N) is 3. The number of amides is 1. The molecule has 2 rings (SSSR count). The Kier molecular flexibility index (Phi) is 4.22. The lowest BCUT2D eigenvalue weighted by atomic mass is 10.2. The van der Waals surface area contributed by atoms with Crippen LogP contribution in [0, 0.1) is 10.1 Å². The molecule has 2 heterocycles. The van der Waals surface area contributed by atoms with Crippen LogP contribution in [0.1, 0.15) is 10.5 Å². The van der Waals surface area contributed by atoms with Crippen LogP contribution in [0.15, 0.2) is 12.1 Å². The topological polar surface area (TPSA) is 104 Å². The summed E-state index contributed by atoms with van der Waals surface area (Å²) in [4.78, 5) is 35.8. The first-order valence-corrected chi connectivity index (χ1v) is 6.24. The van der Waals surface area contributed by atoms with E-state index in [9.17, 15) is 19.7 Å². The SMILES string of the molecule is COC(=O)C1COCCN1C(=O)c1ccc([N+](=O)[O-])n1C. The number of hydrogen-bond acceptors (Lipinski definition) is 6. The van der Waals surface area contributed by atoms with Crippen LogP contribution in [-0.2, 0) is 21.3 Å². The van der Waals surface area contributed by atoms with E-state index < -0.39 is 22.8 Å². The molecule has 1 unspecified atom stereocenters. The van der Waals surface area contributed by atoms with Gasteiger partial charge in [-0.05, 0) is 11.0 Å². The molecule has 1 saturated heterocycles. The number of morpholine rings is 1. The van der Waals surface area contributed by atoms with Crippen molar-refractivity contribution in [1.29, 1.82) is 0 Å². The molecule has 0 aromatic carbocycles. The Labute approximate surface area is 120 Å². The van der Waals surface area contributed by atoms with Gasteiger partial charge in [0.05, 0.1) is 27.4 Å². The van der Waals surface area contributed by atoms with E-state index in [1.165, 1.54) is 35.8 Å². The summed E-state index contributed by atoms with van der Waals surface area (Å²) in [6, 6.07) is 1.77. The highest BCUT2D eigenvalue weighted by Crippen LogP contribution is 2.19. The zero-order valence-electron chi connectivity index (χ0n) is 11.6. The fourth-order valence-electron chi connectivity index (χ4n) is 2.22. The molecule has 21 heavy (non-hydrogen) atoms. The highest BCUT2D eigenvalue weighted by atomic mass is 16.6. The number of hydrogen-bond donors (Lipinski definition) is 0. The molecular weight excluding hydrogens is 282 g/mol. The Morgan fingerprint density at radius 3 is 2.76 bits per heavy atom. The minimum Gasteiger partial charge on any atom is -0.467 e. The molecule has 114 valence electrons. The van der Waals surface area contributed by atoms with Crippen molar-refractivity contribution in [1.82, 2.24) is 9.47 Å². The van der Waals surface area contributed by atoms with Gasteiger partial charge in [-0.2, -0.15) is 0 Å². The maximum atomic E-state index is 12.5. The van der Waals surface area contributed by atoms with Crippen LogP contribution in [-0.4, -0.2) is 59.2 Å². The highest BCUT2D eigenvalue weighted by molar-refractivity contribution is 5.96. The van der Waals surface area contributed by atoms with Gasteiger partial charge in [-0.3, -0.25) is 4.79 Å². The van der Waals surface area contributed by atoms with Crippen LogP contribution in [0.5, 0.6) is 0 Å². The quantitative estimate of drug-likeness (QED) is 0.440. The number of esters is 1. The summed E-state index contributed by atoms with van der Waals surface area (Å²) in [7, 11) is 2.66. The lowest BCUT2D eigenvalue weighted by molar-refractivity contribution is -0.391. The molecule has 1 aliphatic rings. The number of carbonyl (C=O) groups is 2. The molecule has 0 bridgehead atoms. The number of carbonyl (C=O) groups excluding carboxylic acids is 2. The smallest absolute Gasteiger partial charge is 0.331 e. The van der Waals surface area contributed by atoms with Gasteiger partial charge in [0.2, 0.25) is 0 Å². The molecule has 1 aliphatic heterocycles. The van der Waals surface area contributed by atoms with Crippen LogP contribution in [0.2, 0.25) is 0 Å². The molecule has 9 nitrogen and oxygen atoms in total. The standard InChI is InChI=1S/C12H15N3O6/c1-13-8(3-4-10(13)15(18)19)11(16)14-5-6-21-7-9(14)12(17)20-2/h3-4,9H,5-7H2,1-2H3. The predicted octanol–water partition coefficient (Wildman–Crippen LogP) is -0.0527. The highest BCUT2D eigenvalue weighted by Gasteiger charge is 2.36. The van der Waals surface area contributed by atoms with E-state index in [1.54, 1.807) is 0 Å². The van der Waals surface area contributed by atoms with Crippen molar-refractivity contribution in [3.05, 3.63) is 27.9 Å². The summed E-state index contributed by atoms with van der Waals surface area (Å²) < 4.78 is 11.0. The maximum Gasteiger partial charge on any atom is 0.331 e. The monoisotopic (exact) mass is 297 g/mol. The number of aromatic nitrogens is 1. The summed E-state index contributed by atoms with van der Waals surface area (Å²) in [6.45, 7) is 0.564. The summed E-state index contributed by atoms with van der Waals surface area (Å²) in [5.41, 5.74) is 0.137. The Balaban J connectivity index is 2.29. The second-order valence-corrected chi connectivity index (χ2v) is 4.51. The van der Waals surface area contributed by atoms with E-state index in [0.29, 0.717) is 6.61 Å². The summed E-state index contributed by atoms with van der Waals surface area (Å²) in [5.74, 6) is -1.24. The zero-order valence-corrected chi connectivity index (χ0v) is 11.6. The van der Waals surface area contributed by atoms with Gasteiger partial charge >= 0.3 is 11.8 Å². The number of methoxy groups -OCH3 is 1. The second kappa shape index (κ2) is 5.92. The molecule has 1 aromatic heterocycles. The largest absolute Gasteiger partial charge is 0.467 e. The molecule has 1 atom stereocenters. The van der Waals surface area contributed by atoms with E-state index in [4.69, 9.17) is 4.74 Å². The fourth-order valence-corrected chi connectivity index (χ4v) is 2.22. The molecule has 0 spiro atoms. The Morgan fingerprint density at radius 2 is 2.19 bits per heavy atom. The normalized spacial score (nSPS) is 18.4. The van der Waals surface area contributed by atoms with Gasteiger partial charge < -0.3 is 24.5 Å². The van der Waals surface area contributed by atoms with Crippen molar-refractivity contribution >= 4 is 17.7 Å². The van der Waals surface area contributed by atoms with Gasteiger partial charge in [0.1, 0.15) is 0 Å². The first-order chi connectivity index (χ1) is 9.97. The predicted molar refractivity (Wildman–Crippen MR) is 69.7 cm³/mol. The molecule has 1 aromatic rings. The van der Waals surface area contributed by atoms with Crippen molar-refractivity contribution < 1.29 is 24.0 Å².